The zero-order chi connectivity index (χ0) is 24.6. The van der Waals surface area contributed by atoms with E-state index in [9.17, 15) is 14.7 Å². The monoisotopic (exact) mass is 481 g/mol. The molecule has 4 aliphatic rings. The van der Waals surface area contributed by atoms with Crippen LogP contribution in [-0.2, 0) is 19.1 Å². The van der Waals surface area contributed by atoms with E-state index in [1.807, 2.05) is 30.3 Å². The van der Waals surface area contributed by atoms with Crippen LogP contribution in [0.4, 0.5) is 0 Å². The summed E-state index contributed by atoms with van der Waals surface area (Å²) in [7, 11) is 0. The minimum absolute atomic E-state index is 0.191. The summed E-state index contributed by atoms with van der Waals surface area (Å²) in [6.45, 7) is 3.88. The van der Waals surface area contributed by atoms with E-state index < -0.39 is 17.8 Å². The number of carbonyl (C=O) groups is 2. The molecule has 2 aliphatic carbocycles. The van der Waals surface area contributed by atoms with Crippen molar-refractivity contribution in [1.82, 2.24) is 5.32 Å². The number of rotatable bonds is 6. The van der Waals surface area contributed by atoms with Gasteiger partial charge in [0.25, 0.3) is 0 Å². The number of fused-ring (bicyclic) bond motifs is 4. The Bertz CT molecular complexity index is 957. The van der Waals surface area contributed by atoms with Gasteiger partial charge in [-0.25, -0.2) is 4.79 Å². The molecular formula is C29H39NO5. The van der Waals surface area contributed by atoms with E-state index in [1.54, 1.807) is 6.08 Å². The van der Waals surface area contributed by atoms with Gasteiger partial charge in [0, 0.05) is 18.4 Å². The Morgan fingerprint density at radius 3 is 2.60 bits per heavy atom. The van der Waals surface area contributed by atoms with E-state index in [0.29, 0.717) is 12.3 Å². The van der Waals surface area contributed by atoms with E-state index in [4.69, 9.17) is 9.47 Å². The van der Waals surface area contributed by atoms with Crippen molar-refractivity contribution in [3.63, 3.8) is 0 Å². The van der Waals surface area contributed by atoms with Crippen LogP contribution < -0.4 is 5.32 Å². The highest BCUT2D eigenvalue weighted by molar-refractivity contribution is 5.87. The van der Waals surface area contributed by atoms with Crippen LogP contribution in [0.5, 0.6) is 0 Å². The maximum absolute atomic E-state index is 13.2. The molecule has 5 rings (SSSR count). The number of ether oxygens (including phenoxy) is 2. The van der Waals surface area contributed by atoms with Crippen molar-refractivity contribution in [2.45, 2.75) is 88.6 Å². The molecule has 2 saturated carbocycles. The number of aliphatic hydroxyl groups is 1. The molecule has 2 N–H and O–H groups in total. The van der Waals surface area contributed by atoms with Crippen LogP contribution in [-0.4, -0.2) is 46.9 Å². The lowest BCUT2D eigenvalue weighted by atomic mass is 9.66. The van der Waals surface area contributed by atoms with Crippen LogP contribution in [0, 0.1) is 23.7 Å². The van der Waals surface area contributed by atoms with Gasteiger partial charge in [-0.2, -0.15) is 0 Å². The first-order valence-corrected chi connectivity index (χ1v) is 13.4. The third-order valence-electron chi connectivity index (χ3n) is 9.48. The molecule has 2 aliphatic heterocycles. The number of hydrogen-bond acceptors (Lipinski definition) is 5. The Morgan fingerprint density at radius 1 is 1.14 bits per heavy atom. The molecule has 1 aromatic carbocycles. The smallest absolute Gasteiger partial charge is 0.331 e. The van der Waals surface area contributed by atoms with Crippen molar-refractivity contribution in [3.05, 3.63) is 42.0 Å². The van der Waals surface area contributed by atoms with Gasteiger partial charge in [0.05, 0.1) is 11.6 Å². The predicted molar refractivity (Wildman–Crippen MR) is 133 cm³/mol. The Balaban J connectivity index is 1.50. The summed E-state index contributed by atoms with van der Waals surface area (Å²) in [4.78, 5) is 25.5. The van der Waals surface area contributed by atoms with Crippen molar-refractivity contribution in [2.75, 3.05) is 6.61 Å². The third-order valence-corrected chi connectivity index (χ3v) is 9.48. The Labute approximate surface area is 208 Å². The lowest BCUT2D eigenvalue weighted by molar-refractivity contribution is -0.265. The number of carbonyl (C=O) groups excluding carboxylic acids is 2. The summed E-state index contributed by atoms with van der Waals surface area (Å²) in [5, 5.41) is 12.5. The van der Waals surface area contributed by atoms with Crippen molar-refractivity contribution in [2.24, 2.45) is 23.7 Å². The fourth-order valence-electron chi connectivity index (χ4n) is 7.86. The zero-order valence-electron chi connectivity index (χ0n) is 20.9. The van der Waals surface area contributed by atoms with Gasteiger partial charge in [0.15, 0.2) is 0 Å². The maximum atomic E-state index is 13.2. The van der Waals surface area contributed by atoms with Gasteiger partial charge in [0.2, 0.25) is 5.91 Å². The van der Waals surface area contributed by atoms with Gasteiger partial charge < -0.3 is 19.9 Å². The molecule has 2 bridgehead atoms. The van der Waals surface area contributed by atoms with Gasteiger partial charge in [-0.3, -0.25) is 4.79 Å². The fourth-order valence-corrected chi connectivity index (χ4v) is 7.86. The van der Waals surface area contributed by atoms with E-state index in [2.05, 4.69) is 19.2 Å². The van der Waals surface area contributed by atoms with Gasteiger partial charge in [0.1, 0.15) is 18.3 Å². The van der Waals surface area contributed by atoms with Crippen LogP contribution in [0.15, 0.2) is 36.4 Å². The molecule has 1 amide bonds. The lowest BCUT2D eigenvalue weighted by Crippen LogP contribution is -2.63. The molecule has 2 heterocycles. The standard InChI is InChI=1S/C29H39NO5/c1-19-13-15-22-26(19)27(34-25(33)16-14-20-9-5-3-6-10-20)29(21-11-7-4-8-12-21)17-23(28(22,2)35-29)30-24(32)18-31/h3,5-6,9-10,14,16,19,21-23,26-27,31H,4,7-8,11-13,15,17-18H2,1-2H3,(H,30,32)/b16-14+/t19-,22-,23-,26-,27+,28+,29-/m1/s1. The maximum Gasteiger partial charge on any atom is 0.331 e. The van der Waals surface area contributed by atoms with Crippen molar-refractivity contribution >= 4 is 18.0 Å². The van der Waals surface area contributed by atoms with Gasteiger partial charge in [-0.1, -0.05) is 56.5 Å². The summed E-state index contributed by atoms with van der Waals surface area (Å²) >= 11 is 0. The highest BCUT2D eigenvalue weighted by atomic mass is 16.6. The number of nitrogens with one attached hydrogen (secondary N) is 1. The normalized spacial score (nSPS) is 38.9. The summed E-state index contributed by atoms with van der Waals surface area (Å²) in [5.41, 5.74) is -0.183. The molecule has 0 radical (unpaired) electrons. The first-order chi connectivity index (χ1) is 16.9. The molecular weight excluding hydrogens is 442 g/mol. The second-order valence-corrected chi connectivity index (χ2v) is 11.4. The van der Waals surface area contributed by atoms with Crippen LogP contribution in [0.3, 0.4) is 0 Å². The minimum Gasteiger partial charge on any atom is -0.456 e. The third kappa shape index (κ3) is 4.33. The summed E-state index contributed by atoms with van der Waals surface area (Å²) in [5.74, 6) is 0.387. The molecule has 2 saturated heterocycles. The number of aliphatic hydroxyl groups excluding tert-OH is 1. The van der Waals surface area contributed by atoms with E-state index >= 15 is 0 Å². The highest BCUT2D eigenvalue weighted by Crippen LogP contribution is 2.63. The van der Waals surface area contributed by atoms with E-state index in [1.165, 1.54) is 12.5 Å². The average Bonchev–Trinajstić information content (AvgIpc) is 3.39. The van der Waals surface area contributed by atoms with Crippen LogP contribution in [0.25, 0.3) is 6.08 Å². The second kappa shape index (κ2) is 9.70. The highest BCUT2D eigenvalue weighted by Gasteiger charge is 2.72. The van der Waals surface area contributed by atoms with Crippen molar-refractivity contribution in [1.29, 1.82) is 0 Å². The van der Waals surface area contributed by atoms with Crippen LogP contribution in [0.2, 0.25) is 0 Å². The molecule has 1 aromatic rings. The quantitative estimate of drug-likeness (QED) is 0.468. The first kappa shape index (κ1) is 24.5. The van der Waals surface area contributed by atoms with Crippen molar-refractivity contribution < 1.29 is 24.2 Å². The molecule has 4 fully saturated rings. The van der Waals surface area contributed by atoms with Crippen LogP contribution >= 0.6 is 0 Å². The lowest BCUT2D eigenvalue weighted by Gasteiger charge is -2.54. The molecule has 7 atom stereocenters. The summed E-state index contributed by atoms with van der Waals surface area (Å²) in [6.07, 6.45) is 11.3. The molecule has 0 spiro atoms. The largest absolute Gasteiger partial charge is 0.456 e. The number of hydrogen-bond donors (Lipinski definition) is 2. The number of amides is 1. The Kier molecular flexibility index (Phi) is 6.79. The summed E-state index contributed by atoms with van der Waals surface area (Å²) < 4.78 is 13.5. The predicted octanol–water partition coefficient (Wildman–Crippen LogP) is 4.26. The summed E-state index contributed by atoms with van der Waals surface area (Å²) in [6, 6.07) is 9.57. The van der Waals surface area contributed by atoms with Gasteiger partial charge >= 0.3 is 5.97 Å². The second-order valence-electron chi connectivity index (χ2n) is 11.4. The first-order valence-electron chi connectivity index (χ1n) is 13.4. The van der Waals surface area contributed by atoms with E-state index in [-0.39, 0.29) is 41.8 Å². The molecule has 35 heavy (non-hydrogen) atoms. The molecule has 0 aromatic heterocycles. The van der Waals surface area contributed by atoms with Gasteiger partial charge in [-0.15, -0.1) is 0 Å². The fraction of sp³-hybridized carbons (Fsp3) is 0.655. The molecule has 6 heteroatoms. The topological polar surface area (TPSA) is 84.9 Å². The minimum atomic E-state index is -0.613. The van der Waals surface area contributed by atoms with Gasteiger partial charge in [-0.05, 0) is 62.0 Å². The molecule has 190 valence electrons. The number of benzene rings is 1. The molecule has 0 unspecified atom stereocenters. The average molecular weight is 482 g/mol. The zero-order valence-corrected chi connectivity index (χ0v) is 20.9. The van der Waals surface area contributed by atoms with Crippen molar-refractivity contribution in [3.8, 4) is 0 Å². The van der Waals surface area contributed by atoms with E-state index in [0.717, 1.165) is 44.1 Å². The van der Waals surface area contributed by atoms with Crippen LogP contribution in [0.1, 0.15) is 70.8 Å². The Morgan fingerprint density at radius 2 is 1.89 bits per heavy atom. The Hall–Kier alpha value is -2.18. The number of esters is 1. The molecule has 6 nitrogen and oxygen atoms in total. The SMILES string of the molecule is C[C@@H]1CC[C@@H]2[C@@H]1[C@H](OC(=O)/C=C/c1ccccc1)[C@]1(C3CCCCC3)C[C@@H](NC(=O)CO)[C@@]2(C)O1.